The molecule has 0 spiro atoms. The maximum atomic E-state index is 9.50. The van der Waals surface area contributed by atoms with Crippen molar-refractivity contribution in [2.45, 2.75) is 19.3 Å². The summed E-state index contributed by atoms with van der Waals surface area (Å²) in [6.07, 6.45) is 0. The fourth-order valence-corrected chi connectivity index (χ4v) is 8.46. The lowest BCUT2D eigenvalue weighted by atomic mass is 9.33. The molecule has 10 rings (SSSR count). The van der Waals surface area contributed by atoms with Gasteiger partial charge < -0.3 is 9.47 Å². The number of aromatic nitrogens is 1. The van der Waals surface area contributed by atoms with Crippen LogP contribution in [0.2, 0.25) is 0 Å². The molecule has 0 amide bonds. The molecule has 3 aliphatic heterocycles. The second kappa shape index (κ2) is 8.10. The van der Waals surface area contributed by atoms with Crippen molar-refractivity contribution in [3.63, 3.8) is 0 Å². The number of fused-ring (bicyclic) bond motifs is 9. The van der Waals surface area contributed by atoms with Crippen molar-refractivity contribution in [3.8, 4) is 22.9 Å². The lowest BCUT2D eigenvalue weighted by molar-refractivity contribution is 0.632. The summed E-state index contributed by atoms with van der Waals surface area (Å²) in [5.74, 6) is 0. The van der Waals surface area contributed by atoms with E-state index in [0.717, 1.165) is 11.1 Å². The van der Waals surface area contributed by atoms with Crippen LogP contribution >= 0.6 is 0 Å². The zero-order valence-electron chi connectivity index (χ0n) is 24.5. The molecule has 204 valence electrons. The summed E-state index contributed by atoms with van der Waals surface area (Å²) in [5.41, 5.74) is 17.1. The minimum Gasteiger partial charge on any atom is -0.311 e. The number of para-hydroxylation sites is 4. The highest BCUT2D eigenvalue weighted by molar-refractivity contribution is 7.00. The first-order chi connectivity index (χ1) is 21.6. The fourth-order valence-electron chi connectivity index (χ4n) is 8.46. The number of benzene rings is 6. The van der Waals surface area contributed by atoms with Crippen molar-refractivity contribution in [2.24, 2.45) is 0 Å². The topological polar surface area (TPSA) is 32.0 Å². The van der Waals surface area contributed by atoms with E-state index >= 15 is 0 Å². The molecule has 0 bridgehead atoms. The minimum absolute atomic E-state index is 0.114. The standard InChI is InChI=1S/C40H26BN3/c1-40(2)29-11-4-6-16-34(29)44-36-22-26(25-19-17-24(23-42)18-20-25)21-35-37(36)41(32-14-8-12-30(40)39(32)44)31-13-7-10-28-27-9-3-5-15-33(27)43(35)38(28)31/h3-22H,1-2H3. The van der Waals surface area contributed by atoms with E-state index in [1.165, 1.54) is 72.1 Å². The summed E-state index contributed by atoms with van der Waals surface area (Å²) in [7, 11) is 0. The van der Waals surface area contributed by atoms with Gasteiger partial charge in [-0.2, -0.15) is 5.26 Å². The molecule has 6 aromatic carbocycles. The third-order valence-electron chi connectivity index (χ3n) is 10.4. The van der Waals surface area contributed by atoms with Crippen LogP contribution in [0.4, 0.5) is 17.1 Å². The zero-order valence-corrected chi connectivity index (χ0v) is 24.5. The lowest BCUT2D eigenvalue weighted by Crippen LogP contribution is -2.61. The molecule has 7 aromatic rings. The van der Waals surface area contributed by atoms with Crippen LogP contribution in [-0.4, -0.2) is 11.3 Å². The number of hydrogen-bond acceptors (Lipinski definition) is 2. The van der Waals surface area contributed by atoms with Crippen molar-refractivity contribution in [3.05, 3.63) is 138 Å². The zero-order chi connectivity index (χ0) is 29.3. The molecule has 0 saturated heterocycles. The summed E-state index contributed by atoms with van der Waals surface area (Å²) >= 11 is 0. The van der Waals surface area contributed by atoms with Crippen molar-refractivity contribution >= 4 is 62.0 Å². The molecule has 3 nitrogen and oxygen atoms in total. The van der Waals surface area contributed by atoms with Crippen LogP contribution in [0.3, 0.4) is 0 Å². The molecule has 4 heterocycles. The Morgan fingerprint density at radius 3 is 2.20 bits per heavy atom. The average Bonchev–Trinajstić information content (AvgIpc) is 3.41. The molecule has 1 aromatic heterocycles. The highest BCUT2D eigenvalue weighted by atomic mass is 15.2. The van der Waals surface area contributed by atoms with Gasteiger partial charge in [-0.3, -0.25) is 0 Å². The van der Waals surface area contributed by atoms with Gasteiger partial charge in [-0.1, -0.05) is 98.8 Å². The SMILES string of the molecule is CC1(C)c2ccccc2N2c3cc(-c4ccc(C#N)cc4)cc4c3B(c3cccc1c32)c1cccc2c3ccccc3n-4c12. The molecule has 0 N–H and O–H groups in total. The quantitative estimate of drug-likeness (QED) is 0.194. The first kappa shape index (κ1) is 24.0. The van der Waals surface area contributed by atoms with Crippen molar-refractivity contribution < 1.29 is 0 Å². The number of rotatable bonds is 1. The lowest BCUT2D eigenvalue weighted by Gasteiger charge is -2.48. The van der Waals surface area contributed by atoms with E-state index in [0.29, 0.717) is 5.56 Å². The van der Waals surface area contributed by atoms with Gasteiger partial charge in [-0.25, -0.2) is 0 Å². The van der Waals surface area contributed by atoms with E-state index in [4.69, 9.17) is 0 Å². The van der Waals surface area contributed by atoms with E-state index in [1.807, 2.05) is 12.1 Å². The number of nitriles is 1. The Balaban J connectivity index is 1.41. The molecular formula is C40H26BN3. The van der Waals surface area contributed by atoms with Gasteiger partial charge in [-0.15, -0.1) is 0 Å². The van der Waals surface area contributed by atoms with E-state index in [2.05, 4.69) is 139 Å². The van der Waals surface area contributed by atoms with Crippen LogP contribution in [0.5, 0.6) is 0 Å². The van der Waals surface area contributed by atoms with Crippen LogP contribution < -0.4 is 21.3 Å². The van der Waals surface area contributed by atoms with Crippen molar-refractivity contribution in [1.29, 1.82) is 5.26 Å². The van der Waals surface area contributed by atoms with Crippen LogP contribution in [0.1, 0.15) is 30.5 Å². The van der Waals surface area contributed by atoms with Gasteiger partial charge in [0, 0.05) is 38.8 Å². The molecule has 4 heteroatoms. The largest absolute Gasteiger partial charge is 0.311 e. The fraction of sp³-hybridized carbons (Fsp3) is 0.0750. The van der Waals surface area contributed by atoms with Crippen molar-refractivity contribution in [1.82, 2.24) is 4.57 Å². The maximum Gasteiger partial charge on any atom is 0.252 e. The van der Waals surface area contributed by atoms with Gasteiger partial charge in [0.25, 0.3) is 6.71 Å². The second-order valence-corrected chi connectivity index (χ2v) is 12.9. The highest BCUT2D eigenvalue weighted by Crippen LogP contribution is 2.53. The van der Waals surface area contributed by atoms with Crippen molar-refractivity contribution in [2.75, 3.05) is 4.90 Å². The highest BCUT2D eigenvalue weighted by Gasteiger charge is 2.47. The Bertz CT molecular complexity index is 2440. The molecule has 0 aliphatic carbocycles. The van der Waals surface area contributed by atoms with Crippen LogP contribution in [0.15, 0.2) is 121 Å². The molecular weight excluding hydrogens is 533 g/mol. The first-order valence-electron chi connectivity index (χ1n) is 15.3. The van der Waals surface area contributed by atoms with Gasteiger partial charge in [-0.05, 0) is 75.0 Å². The Labute approximate surface area is 256 Å². The predicted octanol–water partition coefficient (Wildman–Crippen LogP) is 7.57. The van der Waals surface area contributed by atoms with E-state index in [-0.39, 0.29) is 12.1 Å². The van der Waals surface area contributed by atoms with Gasteiger partial charge >= 0.3 is 0 Å². The monoisotopic (exact) mass is 559 g/mol. The van der Waals surface area contributed by atoms with Gasteiger partial charge in [0.2, 0.25) is 0 Å². The maximum absolute atomic E-state index is 9.50. The Hall–Kier alpha value is -5.53. The molecule has 0 atom stereocenters. The average molecular weight is 559 g/mol. The summed E-state index contributed by atoms with van der Waals surface area (Å²) in [6.45, 7) is 4.85. The van der Waals surface area contributed by atoms with E-state index < -0.39 is 0 Å². The molecule has 0 fully saturated rings. The molecule has 0 unspecified atom stereocenters. The van der Waals surface area contributed by atoms with Crippen LogP contribution in [-0.2, 0) is 5.41 Å². The third-order valence-corrected chi connectivity index (χ3v) is 10.4. The molecule has 3 aliphatic rings. The summed E-state index contributed by atoms with van der Waals surface area (Å²) < 4.78 is 2.51. The smallest absolute Gasteiger partial charge is 0.252 e. The predicted molar refractivity (Wildman–Crippen MR) is 182 cm³/mol. The van der Waals surface area contributed by atoms with Crippen LogP contribution in [0.25, 0.3) is 38.6 Å². The molecule has 0 radical (unpaired) electrons. The summed E-state index contributed by atoms with van der Waals surface area (Å²) in [4.78, 5) is 2.55. The Morgan fingerprint density at radius 1 is 0.636 bits per heavy atom. The first-order valence-corrected chi connectivity index (χ1v) is 15.3. The van der Waals surface area contributed by atoms with Gasteiger partial charge in [0.05, 0.1) is 22.8 Å². The number of hydrogen-bond donors (Lipinski definition) is 0. The Kier molecular flexibility index (Phi) is 4.41. The van der Waals surface area contributed by atoms with Gasteiger partial charge in [0.15, 0.2) is 0 Å². The third kappa shape index (κ3) is 2.78. The Morgan fingerprint density at radius 2 is 1.34 bits per heavy atom. The summed E-state index contributed by atoms with van der Waals surface area (Å²) in [6, 6.07) is 46.6. The normalized spacial score (nSPS) is 14.7. The number of anilines is 3. The molecule has 44 heavy (non-hydrogen) atoms. The molecule has 0 saturated carbocycles. The van der Waals surface area contributed by atoms with Crippen LogP contribution in [0, 0.1) is 11.3 Å². The number of nitrogens with zero attached hydrogens (tertiary/aromatic N) is 3. The summed E-state index contributed by atoms with van der Waals surface area (Å²) in [5, 5.41) is 12.1. The second-order valence-electron chi connectivity index (χ2n) is 12.9. The van der Waals surface area contributed by atoms with E-state index in [9.17, 15) is 5.26 Å². The minimum atomic E-state index is -0.140. The van der Waals surface area contributed by atoms with Gasteiger partial charge in [0.1, 0.15) is 0 Å². The van der Waals surface area contributed by atoms with E-state index in [1.54, 1.807) is 0 Å².